The standard InChI is InChI=1S/C16H19NO2/c1-2-3-6-11-17-16(19)14-9-10-15(18)13-8-5-4-7-12(13)14/h2,4-5,7-8,14H,1,3,6,9-11H2,(H,17,19). The van der Waals surface area contributed by atoms with Crippen LogP contribution in [0.3, 0.4) is 0 Å². The SMILES string of the molecule is C=CCCCNC(=O)C1CCC(=O)c2ccccc21. The molecular weight excluding hydrogens is 238 g/mol. The number of allylic oxidation sites excluding steroid dienone is 1. The summed E-state index contributed by atoms with van der Waals surface area (Å²) in [6, 6.07) is 7.44. The normalized spacial score (nSPS) is 17.7. The number of nitrogens with one attached hydrogen (secondary N) is 1. The lowest BCUT2D eigenvalue weighted by atomic mass is 9.81. The largest absolute Gasteiger partial charge is 0.356 e. The van der Waals surface area contributed by atoms with Gasteiger partial charge in [-0.25, -0.2) is 0 Å². The Morgan fingerprint density at radius 3 is 3.00 bits per heavy atom. The molecule has 3 nitrogen and oxygen atoms in total. The van der Waals surface area contributed by atoms with Crippen LogP contribution in [0.25, 0.3) is 0 Å². The predicted molar refractivity (Wildman–Crippen MR) is 75.2 cm³/mol. The smallest absolute Gasteiger partial charge is 0.227 e. The van der Waals surface area contributed by atoms with Gasteiger partial charge in [0.15, 0.2) is 5.78 Å². The molecule has 0 radical (unpaired) electrons. The Labute approximate surface area is 113 Å². The van der Waals surface area contributed by atoms with Gasteiger partial charge in [-0.2, -0.15) is 0 Å². The second-order valence-corrected chi connectivity index (χ2v) is 4.82. The Bertz CT molecular complexity index is 493. The Morgan fingerprint density at radius 1 is 1.42 bits per heavy atom. The number of carbonyl (C=O) groups is 2. The van der Waals surface area contributed by atoms with E-state index in [0.29, 0.717) is 24.9 Å². The Hall–Kier alpha value is -1.90. The van der Waals surface area contributed by atoms with Crippen molar-refractivity contribution in [3.8, 4) is 0 Å². The average Bonchev–Trinajstić information content (AvgIpc) is 2.44. The first kappa shape index (κ1) is 13.5. The van der Waals surface area contributed by atoms with E-state index in [1.807, 2.05) is 30.3 Å². The predicted octanol–water partition coefficient (Wildman–Crippen LogP) is 2.83. The van der Waals surface area contributed by atoms with Gasteiger partial charge in [-0.05, 0) is 24.8 Å². The maximum Gasteiger partial charge on any atom is 0.227 e. The monoisotopic (exact) mass is 257 g/mol. The summed E-state index contributed by atoms with van der Waals surface area (Å²) >= 11 is 0. The summed E-state index contributed by atoms with van der Waals surface area (Å²) < 4.78 is 0. The third kappa shape index (κ3) is 3.11. The quantitative estimate of drug-likeness (QED) is 0.651. The lowest BCUT2D eigenvalue weighted by Gasteiger charge is -2.23. The summed E-state index contributed by atoms with van der Waals surface area (Å²) in [5, 5.41) is 2.94. The van der Waals surface area contributed by atoms with Gasteiger partial charge in [-0.15, -0.1) is 6.58 Å². The highest BCUT2D eigenvalue weighted by Gasteiger charge is 2.29. The van der Waals surface area contributed by atoms with Gasteiger partial charge in [-0.3, -0.25) is 9.59 Å². The van der Waals surface area contributed by atoms with Crippen LogP contribution in [0.2, 0.25) is 0 Å². The molecule has 100 valence electrons. The molecule has 1 aromatic carbocycles. The van der Waals surface area contributed by atoms with Gasteiger partial charge in [-0.1, -0.05) is 30.3 Å². The molecule has 1 aromatic rings. The molecule has 0 aliphatic heterocycles. The van der Waals surface area contributed by atoms with Crippen LogP contribution in [-0.4, -0.2) is 18.2 Å². The van der Waals surface area contributed by atoms with Crippen molar-refractivity contribution in [1.82, 2.24) is 5.32 Å². The molecule has 1 aliphatic rings. The lowest BCUT2D eigenvalue weighted by Crippen LogP contribution is -2.33. The van der Waals surface area contributed by atoms with E-state index in [9.17, 15) is 9.59 Å². The molecule has 0 heterocycles. The topological polar surface area (TPSA) is 46.2 Å². The van der Waals surface area contributed by atoms with Gasteiger partial charge in [0, 0.05) is 18.5 Å². The molecule has 0 saturated heterocycles. The zero-order valence-electron chi connectivity index (χ0n) is 11.0. The van der Waals surface area contributed by atoms with Gasteiger partial charge in [0.2, 0.25) is 5.91 Å². The Kier molecular flexibility index (Phi) is 4.50. The number of hydrogen-bond donors (Lipinski definition) is 1. The number of Topliss-reactive ketones (excluding diaryl/α,β-unsaturated/α-hetero) is 1. The van der Waals surface area contributed by atoms with Crippen LogP contribution < -0.4 is 5.32 Å². The van der Waals surface area contributed by atoms with E-state index < -0.39 is 0 Å². The highest BCUT2D eigenvalue weighted by Crippen LogP contribution is 2.31. The molecule has 1 amide bonds. The van der Waals surface area contributed by atoms with E-state index in [1.165, 1.54) is 0 Å². The minimum Gasteiger partial charge on any atom is -0.356 e. The van der Waals surface area contributed by atoms with Crippen LogP contribution in [-0.2, 0) is 4.79 Å². The van der Waals surface area contributed by atoms with Crippen molar-refractivity contribution in [2.24, 2.45) is 0 Å². The molecule has 1 N–H and O–H groups in total. The fraction of sp³-hybridized carbons (Fsp3) is 0.375. The van der Waals surface area contributed by atoms with Crippen molar-refractivity contribution in [3.63, 3.8) is 0 Å². The highest BCUT2D eigenvalue weighted by atomic mass is 16.2. The summed E-state index contributed by atoms with van der Waals surface area (Å²) in [6.07, 6.45) is 4.73. The number of hydrogen-bond acceptors (Lipinski definition) is 2. The minimum absolute atomic E-state index is 0.0315. The number of fused-ring (bicyclic) bond motifs is 1. The molecule has 0 bridgehead atoms. The van der Waals surface area contributed by atoms with Crippen LogP contribution in [0.15, 0.2) is 36.9 Å². The maximum atomic E-state index is 12.2. The van der Waals surface area contributed by atoms with Gasteiger partial charge in [0.05, 0.1) is 5.92 Å². The van der Waals surface area contributed by atoms with Crippen molar-refractivity contribution in [2.45, 2.75) is 31.6 Å². The van der Waals surface area contributed by atoms with E-state index >= 15 is 0 Å². The molecule has 1 atom stereocenters. The molecule has 0 spiro atoms. The molecule has 1 unspecified atom stereocenters. The number of carbonyl (C=O) groups excluding carboxylic acids is 2. The van der Waals surface area contributed by atoms with Crippen LogP contribution in [0.4, 0.5) is 0 Å². The average molecular weight is 257 g/mol. The van der Waals surface area contributed by atoms with Crippen LogP contribution in [0, 0.1) is 0 Å². The number of rotatable bonds is 5. The number of unbranched alkanes of at least 4 members (excludes halogenated alkanes) is 1. The van der Waals surface area contributed by atoms with E-state index in [1.54, 1.807) is 0 Å². The summed E-state index contributed by atoms with van der Waals surface area (Å²) in [7, 11) is 0. The van der Waals surface area contributed by atoms with Gasteiger partial charge < -0.3 is 5.32 Å². The zero-order valence-corrected chi connectivity index (χ0v) is 11.0. The second-order valence-electron chi connectivity index (χ2n) is 4.82. The third-order valence-electron chi connectivity index (χ3n) is 3.50. The number of ketones is 1. The minimum atomic E-state index is -0.183. The van der Waals surface area contributed by atoms with Crippen molar-refractivity contribution in [1.29, 1.82) is 0 Å². The molecule has 0 fully saturated rings. The second kappa shape index (κ2) is 6.32. The van der Waals surface area contributed by atoms with Crippen LogP contribution in [0.5, 0.6) is 0 Å². The molecule has 3 heteroatoms. The number of benzene rings is 1. The van der Waals surface area contributed by atoms with Crippen molar-refractivity contribution in [3.05, 3.63) is 48.0 Å². The summed E-state index contributed by atoms with van der Waals surface area (Å²) in [5.74, 6) is -0.00653. The molecule has 0 aromatic heterocycles. The Morgan fingerprint density at radius 2 is 2.21 bits per heavy atom. The van der Waals surface area contributed by atoms with E-state index in [0.717, 1.165) is 18.4 Å². The van der Waals surface area contributed by atoms with Crippen LogP contribution >= 0.6 is 0 Å². The Balaban J connectivity index is 2.05. The van der Waals surface area contributed by atoms with E-state index in [2.05, 4.69) is 11.9 Å². The lowest BCUT2D eigenvalue weighted by molar-refractivity contribution is -0.122. The molecule has 1 aliphatic carbocycles. The maximum absolute atomic E-state index is 12.2. The van der Waals surface area contributed by atoms with E-state index in [4.69, 9.17) is 0 Å². The fourth-order valence-electron chi connectivity index (χ4n) is 2.47. The first-order valence-corrected chi connectivity index (χ1v) is 6.74. The highest BCUT2D eigenvalue weighted by molar-refractivity contribution is 6.01. The first-order chi connectivity index (χ1) is 9.24. The summed E-state index contributed by atoms with van der Waals surface area (Å²) in [6.45, 7) is 4.32. The zero-order chi connectivity index (χ0) is 13.7. The van der Waals surface area contributed by atoms with E-state index in [-0.39, 0.29) is 17.6 Å². The third-order valence-corrected chi connectivity index (χ3v) is 3.50. The summed E-state index contributed by atoms with van der Waals surface area (Å²) in [5.41, 5.74) is 1.58. The molecular formula is C16H19NO2. The van der Waals surface area contributed by atoms with Crippen LogP contribution in [0.1, 0.15) is 47.5 Å². The van der Waals surface area contributed by atoms with Gasteiger partial charge in [0.1, 0.15) is 0 Å². The van der Waals surface area contributed by atoms with Crippen molar-refractivity contribution < 1.29 is 9.59 Å². The summed E-state index contributed by atoms with van der Waals surface area (Å²) in [4.78, 5) is 24.0. The fourth-order valence-corrected chi connectivity index (χ4v) is 2.47. The first-order valence-electron chi connectivity index (χ1n) is 6.74. The van der Waals surface area contributed by atoms with Gasteiger partial charge in [0.25, 0.3) is 0 Å². The van der Waals surface area contributed by atoms with Crippen molar-refractivity contribution in [2.75, 3.05) is 6.54 Å². The molecule has 0 saturated carbocycles. The molecule has 19 heavy (non-hydrogen) atoms. The number of amides is 1. The molecule has 2 rings (SSSR count). The van der Waals surface area contributed by atoms with Gasteiger partial charge >= 0.3 is 0 Å². The van der Waals surface area contributed by atoms with Crippen molar-refractivity contribution >= 4 is 11.7 Å².